The highest BCUT2D eigenvalue weighted by Gasteiger charge is 2.37. The second-order valence-electron chi connectivity index (χ2n) is 7.32. The van der Waals surface area contributed by atoms with Gasteiger partial charge in [-0.25, -0.2) is 18.0 Å². The number of carboxylic acids is 1. The zero-order valence-corrected chi connectivity index (χ0v) is 17.8. The van der Waals surface area contributed by atoms with E-state index in [0.29, 0.717) is 11.6 Å². The second kappa shape index (κ2) is 9.94. The summed E-state index contributed by atoms with van der Waals surface area (Å²) in [5, 5.41) is 8.72. The van der Waals surface area contributed by atoms with Gasteiger partial charge >= 0.3 is 12.1 Å². The summed E-state index contributed by atoms with van der Waals surface area (Å²) < 4.78 is 81.1. The Morgan fingerprint density at radius 1 is 1.03 bits per heavy atom. The van der Waals surface area contributed by atoms with Crippen LogP contribution in [0.2, 0.25) is 0 Å². The Kier molecular flexibility index (Phi) is 7.46. The number of carboxylic acid groups (broad SMARTS) is 1. The molecule has 0 fully saturated rings. The van der Waals surface area contributed by atoms with Crippen molar-refractivity contribution in [2.24, 2.45) is 0 Å². The number of benzene rings is 2. The van der Waals surface area contributed by atoms with Gasteiger partial charge in [0.25, 0.3) is 5.92 Å². The van der Waals surface area contributed by atoms with Gasteiger partial charge in [-0.3, -0.25) is 0 Å². The van der Waals surface area contributed by atoms with E-state index in [0.717, 1.165) is 30.0 Å². The molecule has 1 aliphatic heterocycles. The first-order valence-corrected chi connectivity index (χ1v) is 10.8. The number of alkyl halides is 5. The molecule has 0 aromatic heterocycles. The van der Waals surface area contributed by atoms with Crippen molar-refractivity contribution in [2.45, 2.75) is 30.4 Å². The third-order valence-electron chi connectivity index (χ3n) is 4.95. The molecule has 1 heterocycles. The zero-order valence-electron chi connectivity index (χ0n) is 17.0. The molecule has 1 unspecified atom stereocenters. The number of halogens is 6. The maximum absolute atomic E-state index is 14.6. The van der Waals surface area contributed by atoms with Crippen LogP contribution in [0.5, 0.6) is 0 Å². The van der Waals surface area contributed by atoms with Gasteiger partial charge in [-0.05, 0) is 42.0 Å². The summed E-state index contributed by atoms with van der Waals surface area (Å²) in [5.41, 5.74) is -1.25. The molecule has 1 atom stereocenters. The third kappa shape index (κ3) is 6.34. The molecular formula is C23H19F6NO2S. The topological polar surface area (TPSA) is 40.5 Å². The summed E-state index contributed by atoms with van der Waals surface area (Å²) in [6.45, 7) is 0.211. The highest BCUT2D eigenvalue weighted by Crippen LogP contribution is 2.38. The molecule has 0 saturated heterocycles. The third-order valence-corrected chi connectivity index (χ3v) is 6.23. The quantitative estimate of drug-likeness (QED) is 0.436. The first-order chi connectivity index (χ1) is 15.5. The van der Waals surface area contributed by atoms with Crippen LogP contribution in [-0.2, 0) is 23.4 Å². The smallest absolute Gasteiger partial charge is 0.416 e. The Labute approximate surface area is 190 Å². The predicted octanol–water partition coefficient (Wildman–Crippen LogP) is 6.43. The lowest BCUT2D eigenvalue weighted by atomic mass is 10.0. The summed E-state index contributed by atoms with van der Waals surface area (Å²) in [6.07, 6.45) is -1.03. The van der Waals surface area contributed by atoms with E-state index in [1.54, 1.807) is 11.1 Å². The van der Waals surface area contributed by atoms with Crippen molar-refractivity contribution < 1.29 is 36.2 Å². The monoisotopic (exact) mass is 487 g/mol. The van der Waals surface area contributed by atoms with Gasteiger partial charge in [0.1, 0.15) is 11.2 Å². The van der Waals surface area contributed by atoms with Gasteiger partial charge in [-0.15, -0.1) is 11.8 Å². The Balaban J connectivity index is 1.72. The first kappa shape index (κ1) is 24.8. The molecule has 0 radical (unpaired) electrons. The molecule has 10 heteroatoms. The minimum absolute atomic E-state index is 0.0213. The SMILES string of the molecule is O=C(O)C1=CC=CN(Cc2ccc(F)cc2)C1SCCC(F)(F)c1cccc(C(F)(F)F)c1. The van der Waals surface area contributed by atoms with E-state index < -0.39 is 46.8 Å². The number of thioether (sulfide) groups is 1. The molecule has 33 heavy (non-hydrogen) atoms. The molecule has 2 aromatic carbocycles. The molecule has 1 N–H and O–H groups in total. The van der Waals surface area contributed by atoms with Gasteiger partial charge in [-0.2, -0.15) is 13.2 Å². The van der Waals surface area contributed by atoms with Crippen molar-refractivity contribution in [3.63, 3.8) is 0 Å². The number of nitrogens with zero attached hydrogens (tertiary/aromatic N) is 1. The van der Waals surface area contributed by atoms with Crippen molar-refractivity contribution >= 4 is 17.7 Å². The van der Waals surface area contributed by atoms with E-state index in [1.165, 1.54) is 36.4 Å². The average Bonchev–Trinajstić information content (AvgIpc) is 2.75. The van der Waals surface area contributed by atoms with Crippen LogP contribution in [0.25, 0.3) is 0 Å². The largest absolute Gasteiger partial charge is 0.478 e. The Morgan fingerprint density at radius 3 is 2.33 bits per heavy atom. The minimum atomic E-state index is -4.74. The Morgan fingerprint density at radius 2 is 1.70 bits per heavy atom. The molecule has 0 saturated carbocycles. The van der Waals surface area contributed by atoms with Crippen LogP contribution in [0, 0.1) is 5.82 Å². The van der Waals surface area contributed by atoms with Crippen LogP contribution in [0.15, 0.2) is 72.5 Å². The Bertz CT molecular complexity index is 1050. The maximum atomic E-state index is 14.6. The Hall–Kier alpha value is -2.88. The van der Waals surface area contributed by atoms with Crippen LogP contribution in [0.4, 0.5) is 26.3 Å². The number of rotatable bonds is 8. The van der Waals surface area contributed by atoms with E-state index in [-0.39, 0.29) is 17.9 Å². The molecule has 176 valence electrons. The highest BCUT2D eigenvalue weighted by atomic mass is 32.2. The number of carbonyl (C=O) groups is 1. The first-order valence-electron chi connectivity index (χ1n) is 9.76. The van der Waals surface area contributed by atoms with Gasteiger partial charge < -0.3 is 10.0 Å². The molecule has 3 nitrogen and oxygen atoms in total. The van der Waals surface area contributed by atoms with E-state index in [9.17, 15) is 36.2 Å². The van der Waals surface area contributed by atoms with Gasteiger partial charge in [0.2, 0.25) is 0 Å². The van der Waals surface area contributed by atoms with Crippen molar-refractivity contribution in [3.8, 4) is 0 Å². The molecule has 1 aliphatic rings. The summed E-state index contributed by atoms with van der Waals surface area (Å²) >= 11 is 0.945. The van der Waals surface area contributed by atoms with Gasteiger partial charge in [0.15, 0.2) is 0 Å². The van der Waals surface area contributed by atoms with E-state index >= 15 is 0 Å². The van der Waals surface area contributed by atoms with E-state index in [2.05, 4.69) is 0 Å². The maximum Gasteiger partial charge on any atom is 0.416 e. The molecular weight excluding hydrogens is 468 g/mol. The van der Waals surface area contributed by atoms with E-state index in [4.69, 9.17) is 0 Å². The van der Waals surface area contributed by atoms with Crippen LogP contribution in [-0.4, -0.2) is 27.1 Å². The summed E-state index contributed by atoms with van der Waals surface area (Å²) in [7, 11) is 0. The fourth-order valence-corrected chi connectivity index (χ4v) is 4.55. The van der Waals surface area contributed by atoms with Crippen LogP contribution in [0.3, 0.4) is 0 Å². The van der Waals surface area contributed by atoms with Crippen LogP contribution in [0.1, 0.15) is 23.1 Å². The van der Waals surface area contributed by atoms with Crippen LogP contribution < -0.4 is 0 Å². The molecule has 0 spiro atoms. The van der Waals surface area contributed by atoms with Crippen molar-refractivity contribution in [3.05, 3.63) is 95.0 Å². The standard InChI is InChI=1S/C23H19F6NO2S/c24-18-8-6-15(7-9-18)14-30-11-2-5-19(21(31)32)20(30)33-12-10-22(25,26)16-3-1-4-17(13-16)23(27,28)29/h1-9,11,13,20H,10,12,14H2,(H,31,32). The second-order valence-corrected chi connectivity index (χ2v) is 8.51. The van der Waals surface area contributed by atoms with Crippen molar-refractivity contribution in [2.75, 3.05) is 5.75 Å². The lowest BCUT2D eigenvalue weighted by Gasteiger charge is -2.33. The number of hydrogen-bond acceptors (Lipinski definition) is 3. The zero-order chi connectivity index (χ0) is 24.2. The van der Waals surface area contributed by atoms with Crippen molar-refractivity contribution in [1.29, 1.82) is 0 Å². The normalized spacial score (nSPS) is 16.6. The van der Waals surface area contributed by atoms with E-state index in [1.807, 2.05) is 0 Å². The fourth-order valence-electron chi connectivity index (χ4n) is 3.26. The highest BCUT2D eigenvalue weighted by molar-refractivity contribution is 8.00. The number of aliphatic carboxylic acids is 1. The fraction of sp³-hybridized carbons (Fsp3) is 0.261. The molecule has 0 bridgehead atoms. The predicted molar refractivity (Wildman–Crippen MR) is 113 cm³/mol. The summed E-state index contributed by atoms with van der Waals surface area (Å²) in [6, 6.07) is 8.60. The molecule has 0 amide bonds. The number of allylic oxidation sites excluding steroid dienone is 2. The van der Waals surface area contributed by atoms with Gasteiger partial charge in [0, 0.05) is 30.5 Å². The number of hydrogen-bond donors (Lipinski definition) is 1. The lowest BCUT2D eigenvalue weighted by molar-refractivity contribution is -0.138. The molecule has 2 aromatic rings. The summed E-state index contributed by atoms with van der Waals surface area (Å²) in [5.74, 6) is -5.40. The van der Waals surface area contributed by atoms with Gasteiger partial charge in [0.05, 0.1) is 11.1 Å². The summed E-state index contributed by atoms with van der Waals surface area (Å²) in [4.78, 5) is 13.3. The van der Waals surface area contributed by atoms with Crippen molar-refractivity contribution in [1.82, 2.24) is 4.90 Å². The molecule has 0 aliphatic carbocycles. The molecule has 3 rings (SSSR count). The minimum Gasteiger partial charge on any atom is -0.478 e. The lowest BCUT2D eigenvalue weighted by Crippen LogP contribution is -2.34. The van der Waals surface area contributed by atoms with Crippen LogP contribution >= 0.6 is 11.8 Å². The average molecular weight is 487 g/mol. The van der Waals surface area contributed by atoms with Gasteiger partial charge in [-0.1, -0.05) is 24.3 Å².